The van der Waals surface area contributed by atoms with Crippen LogP contribution in [0.3, 0.4) is 0 Å². The van der Waals surface area contributed by atoms with Crippen LogP contribution in [0.2, 0.25) is 0 Å². The van der Waals surface area contributed by atoms with Crippen LogP contribution in [0.1, 0.15) is 17.0 Å². The predicted octanol–water partition coefficient (Wildman–Crippen LogP) is 1.86. The van der Waals surface area contributed by atoms with Crippen LogP contribution >= 0.6 is 11.3 Å². The minimum atomic E-state index is -3.33. The van der Waals surface area contributed by atoms with Crippen LogP contribution in [-0.2, 0) is 16.6 Å². The Bertz CT molecular complexity index is 710. The molecule has 3 rings (SSSR count). The summed E-state index contributed by atoms with van der Waals surface area (Å²) < 4.78 is 32.1. The zero-order valence-corrected chi connectivity index (χ0v) is 14.3. The van der Waals surface area contributed by atoms with Gasteiger partial charge in [0.15, 0.2) is 0 Å². The van der Waals surface area contributed by atoms with E-state index in [1.54, 1.807) is 21.8 Å². The number of rotatable bonds is 4. The summed E-state index contributed by atoms with van der Waals surface area (Å²) in [5.74, 6) is 0.839. The van der Waals surface area contributed by atoms with Crippen LogP contribution in [-0.4, -0.2) is 49.0 Å². The summed E-state index contributed by atoms with van der Waals surface area (Å²) in [5.41, 5.74) is 2.01. The van der Waals surface area contributed by atoms with E-state index < -0.39 is 10.0 Å². The monoisotopic (exact) mass is 341 g/mol. The molecule has 0 aliphatic carbocycles. The molecule has 0 radical (unpaired) electrons. The number of aryl methyl sites for hydroxylation is 2. The Kier molecular flexibility index (Phi) is 4.35. The van der Waals surface area contributed by atoms with E-state index in [0.717, 1.165) is 23.6 Å². The standard InChI is InChI=1S/C14H19N3O3S2/c1-11-13(12(2)20-15-11)10-16-5-7-17(8-6-16)22(18,19)14-4-3-9-21-14/h3-4,9H,5-8,10H2,1-2H3. The number of sulfonamides is 1. The van der Waals surface area contributed by atoms with E-state index in [2.05, 4.69) is 10.1 Å². The Balaban J connectivity index is 1.64. The van der Waals surface area contributed by atoms with Crippen molar-refractivity contribution in [1.82, 2.24) is 14.4 Å². The van der Waals surface area contributed by atoms with Gasteiger partial charge >= 0.3 is 0 Å². The van der Waals surface area contributed by atoms with Crippen molar-refractivity contribution in [1.29, 1.82) is 0 Å². The third kappa shape index (κ3) is 2.96. The molecule has 0 spiro atoms. The van der Waals surface area contributed by atoms with Crippen LogP contribution in [0.4, 0.5) is 0 Å². The van der Waals surface area contributed by atoms with Gasteiger partial charge in [-0.2, -0.15) is 4.31 Å². The SMILES string of the molecule is Cc1noc(C)c1CN1CCN(S(=O)(=O)c2cccs2)CC1. The lowest BCUT2D eigenvalue weighted by atomic mass is 10.2. The largest absolute Gasteiger partial charge is 0.361 e. The Morgan fingerprint density at radius 2 is 2.00 bits per heavy atom. The Labute approximate surface area is 134 Å². The van der Waals surface area contributed by atoms with Gasteiger partial charge in [0, 0.05) is 38.3 Å². The van der Waals surface area contributed by atoms with Crippen molar-refractivity contribution in [2.75, 3.05) is 26.2 Å². The van der Waals surface area contributed by atoms with Crippen molar-refractivity contribution in [3.63, 3.8) is 0 Å². The van der Waals surface area contributed by atoms with Gasteiger partial charge in [0.05, 0.1) is 5.69 Å². The molecule has 1 fully saturated rings. The molecule has 1 aliphatic rings. The van der Waals surface area contributed by atoms with Gasteiger partial charge in [0.2, 0.25) is 0 Å². The first-order valence-corrected chi connectivity index (χ1v) is 9.48. The van der Waals surface area contributed by atoms with E-state index in [0.29, 0.717) is 30.4 Å². The maximum Gasteiger partial charge on any atom is 0.252 e. The third-order valence-corrected chi connectivity index (χ3v) is 7.26. The molecule has 120 valence electrons. The number of piperazine rings is 1. The second kappa shape index (κ2) is 6.11. The summed E-state index contributed by atoms with van der Waals surface area (Å²) in [6.45, 7) is 7.07. The molecule has 2 aromatic rings. The number of aromatic nitrogens is 1. The van der Waals surface area contributed by atoms with E-state index >= 15 is 0 Å². The Morgan fingerprint density at radius 3 is 2.55 bits per heavy atom. The highest BCUT2D eigenvalue weighted by molar-refractivity contribution is 7.91. The van der Waals surface area contributed by atoms with Gasteiger partial charge in [-0.3, -0.25) is 4.90 Å². The quantitative estimate of drug-likeness (QED) is 0.849. The average Bonchev–Trinajstić information content (AvgIpc) is 3.14. The van der Waals surface area contributed by atoms with Crippen molar-refractivity contribution < 1.29 is 12.9 Å². The smallest absolute Gasteiger partial charge is 0.252 e. The summed E-state index contributed by atoms with van der Waals surface area (Å²) in [6, 6.07) is 3.43. The molecule has 0 bridgehead atoms. The molecule has 22 heavy (non-hydrogen) atoms. The lowest BCUT2D eigenvalue weighted by molar-refractivity contribution is 0.181. The first-order valence-electron chi connectivity index (χ1n) is 7.16. The fraction of sp³-hybridized carbons (Fsp3) is 0.500. The zero-order valence-electron chi connectivity index (χ0n) is 12.7. The summed E-state index contributed by atoms with van der Waals surface area (Å²) in [7, 11) is -3.33. The number of hydrogen-bond donors (Lipinski definition) is 0. The van der Waals surface area contributed by atoms with E-state index in [-0.39, 0.29) is 0 Å². The van der Waals surface area contributed by atoms with Crippen LogP contribution < -0.4 is 0 Å². The van der Waals surface area contributed by atoms with Gasteiger partial charge in [-0.15, -0.1) is 11.3 Å². The molecule has 0 aromatic carbocycles. The lowest BCUT2D eigenvalue weighted by Crippen LogP contribution is -2.48. The molecule has 3 heterocycles. The molecule has 0 saturated carbocycles. The highest BCUT2D eigenvalue weighted by atomic mass is 32.2. The lowest BCUT2D eigenvalue weighted by Gasteiger charge is -2.33. The van der Waals surface area contributed by atoms with Gasteiger partial charge in [-0.25, -0.2) is 8.42 Å². The van der Waals surface area contributed by atoms with E-state index in [9.17, 15) is 8.42 Å². The summed E-state index contributed by atoms with van der Waals surface area (Å²) >= 11 is 1.27. The van der Waals surface area contributed by atoms with Crippen LogP contribution in [0.15, 0.2) is 26.2 Å². The zero-order chi connectivity index (χ0) is 15.7. The van der Waals surface area contributed by atoms with Gasteiger partial charge in [-0.05, 0) is 25.3 Å². The van der Waals surface area contributed by atoms with Gasteiger partial charge in [0.25, 0.3) is 10.0 Å². The van der Waals surface area contributed by atoms with E-state index in [4.69, 9.17) is 4.52 Å². The molecule has 0 atom stereocenters. The highest BCUT2D eigenvalue weighted by Gasteiger charge is 2.29. The van der Waals surface area contributed by atoms with Crippen molar-refractivity contribution in [2.24, 2.45) is 0 Å². The Morgan fingerprint density at radius 1 is 1.27 bits per heavy atom. The first-order chi connectivity index (χ1) is 10.5. The summed E-state index contributed by atoms with van der Waals surface area (Å²) in [4.78, 5) is 2.24. The minimum Gasteiger partial charge on any atom is -0.361 e. The topological polar surface area (TPSA) is 66.7 Å². The van der Waals surface area contributed by atoms with Crippen molar-refractivity contribution >= 4 is 21.4 Å². The van der Waals surface area contributed by atoms with Crippen LogP contribution in [0.25, 0.3) is 0 Å². The maximum atomic E-state index is 12.5. The molecule has 6 nitrogen and oxygen atoms in total. The molecular weight excluding hydrogens is 322 g/mol. The van der Waals surface area contributed by atoms with Gasteiger partial charge in [-0.1, -0.05) is 11.2 Å². The predicted molar refractivity (Wildman–Crippen MR) is 84.3 cm³/mol. The van der Waals surface area contributed by atoms with Gasteiger partial charge < -0.3 is 4.52 Å². The average molecular weight is 341 g/mol. The van der Waals surface area contributed by atoms with Crippen molar-refractivity contribution in [3.05, 3.63) is 34.5 Å². The van der Waals surface area contributed by atoms with Crippen molar-refractivity contribution in [3.8, 4) is 0 Å². The minimum absolute atomic E-state index is 0.423. The fourth-order valence-corrected chi connectivity index (χ4v) is 5.18. The second-order valence-electron chi connectivity index (χ2n) is 5.42. The molecule has 8 heteroatoms. The number of hydrogen-bond acceptors (Lipinski definition) is 6. The molecule has 1 aliphatic heterocycles. The highest BCUT2D eigenvalue weighted by Crippen LogP contribution is 2.23. The van der Waals surface area contributed by atoms with E-state index in [1.807, 2.05) is 13.8 Å². The normalized spacial score (nSPS) is 17.9. The number of thiophene rings is 1. The van der Waals surface area contributed by atoms with Crippen molar-refractivity contribution in [2.45, 2.75) is 24.6 Å². The molecule has 0 unspecified atom stereocenters. The summed E-state index contributed by atoms with van der Waals surface area (Å²) in [6.07, 6.45) is 0. The Hall–Kier alpha value is -1.22. The molecule has 0 N–H and O–H groups in total. The maximum absolute atomic E-state index is 12.5. The first kappa shape index (κ1) is 15.7. The molecule has 2 aromatic heterocycles. The fourth-order valence-electron chi connectivity index (χ4n) is 2.62. The van der Waals surface area contributed by atoms with Gasteiger partial charge in [0.1, 0.15) is 9.97 Å². The second-order valence-corrected chi connectivity index (χ2v) is 8.53. The molecule has 1 saturated heterocycles. The molecule has 0 amide bonds. The van der Waals surface area contributed by atoms with Crippen LogP contribution in [0, 0.1) is 13.8 Å². The summed E-state index contributed by atoms with van der Waals surface area (Å²) in [5, 5.41) is 5.76. The number of nitrogens with zero attached hydrogens (tertiary/aromatic N) is 3. The molecular formula is C14H19N3O3S2. The van der Waals surface area contributed by atoms with E-state index in [1.165, 1.54) is 11.3 Å². The van der Waals surface area contributed by atoms with Crippen LogP contribution in [0.5, 0.6) is 0 Å². The third-order valence-electron chi connectivity index (χ3n) is 3.98.